The number of aromatic nitrogens is 1. The molecule has 1 N–H and O–H groups in total. The predicted molar refractivity (Wildman–Crippen MR) is 101 cm³/mol. The number of nitrogens with zero attached hydrogens (tertiary/aromatic N) is 1. The summed E-state index contributed by atoms with van der Waals surface area (Å²) in [6.45, 7) is 0. The molecule has 1 aromatic carbocycles. The molecule has 2 aromatic heterocycles. The number of H-pyrrole nitrogens is 1. The molecular weight excluding hydrogens is 332 g/mol. The number of ketones is 1. The summed E-state index contributed by atoms with van der Waals surface area (Å²) in [7, 11) is 0. The number of aryl methyl sites for hydroxylation is 1. The fourth-order valence-corrected chi connectivity index (χ4v) is 5.26. The van der Waals surface area contributed by atoms with Crippen LogP contribution in [-0.2, 0) is 19.3 Å². The Morgan fingerprint density at radius 2 is 2.08 bits per heavy atom. The van der Waals surface area contributed by atoms with Crippen molar-refractivity contribution >= 4 is 39.9 Å². The van der Waals surface area contributed by atoms with Crippen molar-refractivity contribution < 1.29 is 4.79 Å². The van der Waals surface area contributed by atoms with Gasteiger partial charge in [-0.3, -0.25) is 14.6 Å². The zero-order valence-electron chi connectivity index (χ0n) is 13.5. The lowest BCUT2D eigenvalue weighted by Gasteiger charge is -2.16. The molecule has 4 nitrogen and oxygen atoms in total. The van der Waals surface area contributed by atoms with Crippen LogP contribution in [-0.4, -0.2) is 17.0 Å². The van der Waals surface area contributed by atoms with Crippen LogP contribution in [0, 0.1) is 5.92 Å². The molecule has 0 saturated heterocycles. The summed E-state index contributed by atoms with van der Waals surface area (Å²) in [5, 5.41) is 0.989. The second-order valence-corrected chi connectivity index (χ2v) is 7.80. The summed E-state index contributed by atoms with van der Waals surface area (Å²) >= 11 is 1.62. The van der Waals surface area contributed by atoms with Gasteiger partial charge in [0, 0.05) is 28.1 Å². The summed E-state index contributed by atoms with van der Waals surface area (Å²) in [6.07, 6.45) is 5.56. The smallest absolute Gasteiger partial charge is 0.248 e. The Labute approximate surface area is 148 Å². The Kier molecular flexibility index (Phi) is 3.25. The number of aromatic amines is 1. The molecular formula is C20H16N2O2S. The van der Waals surface area contributed by atoms with Crippen LogP contribution in [0.3, 0.4) is 0 Å². The number of hydrogen-bond acceptors (Lipinski definition) is 4. The second-order valence-electron chi connectivity index (χ2n) is 6.69. The lowest BCUT2D eigenvalue weighted by atomic mass is 9.91. The molecule has 0 fully saturated rings. The van der Waals surface area contributed by atoms with Crippen molar-refractivity contribution in [1.29, 1.82) is 0 Å². The Morgan fingerprint density at radius 1 is 1.20 bits per heavy atom. The summed E-state index contributed by atoms with van der Waals surface area (Å²) in [5.74, 6) is -0.148. The maximum atomic E-state index is 13.0. The molecule has 3 heterocycles. The standard InChI is InChI=1S/C20H16N2O2S/c23-17-9-11(13-4-1-2-6-15(13)22-17)8-12-10-21-18-14-5-3-7-16(14)25-20(18)19(12)24/h1-2,4,6,9-10,12H,3,5,7-8H2,(H,22,23). The summed E-state index contributed by atoms with van der Waals surface area (Å²) in [4.78, 5) is 34.6. The van der Waals surface area contributed by atoms with Gasteiger partial charge in [-0.15, -0.1) is 11.3 Å². The fraction of sp³-hybridized carbons (Fsp3) is 0.250. The molecule has 1 aliphatic heterocycles. The number of aliphatic imine (C=N–C) groups is 1. The molecule has 25 heavy (non-hydrogen) atoms. The highest BCUT2D eigenvalue weighted by Crippen LogP contribution is 2.43. The normalized spacial score (nSPS) is 18.6. The molecule has 5 rings (SSSR count). The first-order valence-electron chi connectivity index (χ1n) is 8.54. The van der Waals surface area contributed by atoms with E-state index < -0.39 is 0 Å². The number of carbonyl (C=O) groups excluding carboxylic acids is 1. The van der Waals surface area contributed by atoms with Crippen molar-refractivity contribution in [3.63, 3.8) is 0 Å². The van der Waals surface area contributed by atoms with Crippen LogP contribution in [0.25, 0.3) is 10.9 Å². The van der Waals surface area contributed by atoms with Crippen LogP contribution in [0.5, 0.6) is 0 Å². The minimum atomic E-state index is -0.295. The van der Waals surface area contributed by atoms with E-state index in [2.05, 4.69) is 9.98 Å². The molecule has 1 atom stereocenters. The van der Waals surface area contributed by atoms with Gasteiger partial charge in [-0.2, -0.15) is 0 Å². The zero-order chi connectivity index (χ0) is 17.0. The monoisotopic (exact) mass is 348 g/mol. The molecule has 2 aliphatic rings. The zero-order valence-corrected chi connectivity index (χ0v) is 14.4. The van der Waals surface area contributed by atoms with E-state index in [0.29, 0.717) is 6.42 Å². The van der Waals surface area contributed by atoms with E-state index in [0.717, 1.165) is 39.9 Å². The van der Waals surface area contributed by atoms with Crippen LogP contribution in [0.1, 0.15) is 32.1 Å². The van der Waals surface area contributed by atoms with E-state index in [4.69, 9.17) is 0 Å². The van der Waals surface area contributed by atoms with Crippen molar-refractivity contribution in [2.45, 2.75) is 25.7 Å². The Bertz CT molecular complexity index is 1110. The largest absolute Gasteiger partial charge is 0.322 e. The highest BCUT2D eigenvalue weighted by molar-refractivity contribution is 7.15. The topological polar surface area (TPSA) is 62.3 Å². The number of rotatable bonds is 2. The van der Waals surface area contributed by atoms with Crippen LogP contribution < -0.4 is 5.56 Å². The van der Waals surface area contributed by atoms with E-state index in [1.807, 2.05) is 24.3 Å². The molecule has 1 unspecified atom stereocenters. The Morgan fingerprint density at radius 3 is 3.00 bits per heavy atom. The summed E-state index contributed by atoms with van der Waals surface area (Å²) in [5.41, 5.74) is 3.77. The minimum Gasteiger partial charge on any atom is -0.322 e. The van der Waals surface area contributed by atoms with Crippen LogP contribution in [0.2, 0.25) is 0 Å². The number of para-hydroxylation sites is 1. The van der Waals surface area contributed by atoms with E-state index in [1.165, 1.54) is 16.9 Å². The van der Waals surface area contributed by atoms with E-state index in [-0.39, 0.29) is 17.3 Å². The number of fused-ring (bicyclic) bond motifs is 4. The van der Waals surface area contributed by atoms with Crippen molar-refractivity contribution in [1.82, 2.24) is 4.98 Å². The van der Waals surface area contributed by atoms with Crippen molar-refractivity contribution in [2.24, 2.45) is 10.9 Å². The van der Waals surface area contributed by atoms with Gasteiger partial charge in [-0.25, -0.2) is 0 Å². The quantitative estimate of drug-likeness (QED) is 0.765. The maximum Gasteiger partial charge on any atom is 0.248 e. The number of hydrogen-bond donors (Lipinski definition) is 1. The first-order chi connectivity index (χ1) is 12.2. The van der Waals surface area contributed by atoms with Gasteiger partial charge in [0.2, 0.25) is 5.56 Å². The number of pyridine rings is 1. The van der Waals surface area contributed by atoms with Crippen molar-refractivity contribution in [3.05, 3.63) is 61.6 Å². The number of carbonyl (C=O) groups is 1. The van der Waals surface area contributed by atoms with Gasteiger partial charge < -0.3 is 4.98 Å². The average molecular weight is 348 g/mol. The van der Waals surface area contributed by atoms with Crippen LogP contribution in [0.15, 0.2) is 40.1 Å². The third-order valence-electron chi connectivity index (χ3n) is 5.11. The number of nitrogens with one attached hydrogen (secondary N) is 1. The van der Waals surface area contributed by atoms with E-state index in [1.54, 1.807) is 23.6 Å². The van der Waals surface area contributed by atoms with Crippen LogP contribution in [0.4, 0.5) is 5.69 Å². The Balaban J connectivity index is 1.54. The van der Waals surface area contributed by atoms with Gasteiger partial charge in [-0.05, 0) is 42.9 Å². The molecule has 0 bridgehead atoms. The lowest BCUT2D eigenvalue weighted by molar-refractivity contribution is 0.0959. The van der Waals surface area contributed by atoms with Gasteiger partial charge >= 0.3 is 0 Å². The van der Waals surface area contributed by atoms with Gasteiger partial charge in [0.15, 0.2) is 5.78 Å². The first-order valence-corrected chi connectivity index (χ1v) is 9.36. The number of Topliss-reactive ketones (excluding diaryl/α,β-unsaturated/α-hetero) is 1. The van der Waals surface area contributed by atoms with E-state index in [9.17, 15) is 9.59 Å². The Hall–Kier alpha value is -2.53. The molecule has 0 saturated carbocycles. The van der Waals surface area contributed by atoms with Gasteiger partial charge in [0.1, 0.15) is 0 Å². The summed E-state index contributed by atoms with van der Waals surface area (Å²) in [6, 6.07) is 9.32. The van der Waals surface area contributed by atoms with Crippen molar-refractivity contribution in [2.75, 3.05) is 0 Å². The molecule has 0 radical (unpaired) electrons. The molecule has 124 valence electrons. The lowest BCUT2D eigenvalue weighted by Crippen LogP contribution is -2.22. The average Bonchev–Trinajstić information content (AvgIpc) is 3.19. The van der Waals surface area contributed by atoms with Gasteiger partial charge in [0.25, 0.3) is 0 Å². The van der Waals surface area contributed by atoms with Gasteiger partial charge in [-0.1, -0.05) is 18.2 Å². The van der Waals surface area contributed by atoms with Crippen molar-refractivity contribution in [3.8, 4) is 0 Å². The van der Waals surface area contributed by atoms with Crippen LogP contribution >= 0.6 is 11.3 Å². The van der Waals surface area contributed by atoms with Gasteiger partial charge in [0.05, 0.1) is 16.5 Å². The highest BCUT2D eigenvalue weighted by Gasteiger charge is 2.32. The summed E-state index contributed by atoms with van der Waals surface area (Å²) < 4.78 is 0. The number of thiophene rings is 1. The third kappa shape index (κ3) is 2.30. The molecule has 0 amide bonds. The highest BCUT2D eigenvalue weighted by atomic mass is 32.1. The molecule has 1 aliphatic carbocycles. The minimum absolute atomic E-state index is 0.135. The maximum absolute atomic E-state index is 13.0. The first kappa shape index (κ1) is 14.8. The SMILES string of the molecule is O=C1c2sc3c(c2N=CC1Cc1cc(=O)[nH]c2ccccc12)CCC3. The number of benzene rings is 1. The van der Waals surface area contributed by atoms with E-state index >= 15 is 0 Å². The predicted octanol–water partition coefficient (Wildman–Crippen LogP) is 3.84. The second kappa shape index (κ2) is 5.49. The molecule has 3 aromatic rings. The molecule has 0 spiro atoms. The fourth-order valence-electron chi connectivity index (χ4n) is 3.92. The molecule has 5 heteroatoms. The third-order valence-corrected chi connectivity index (χ3v) is 6.41.